The first-order valence-corrected chi connectivity index (χ1v) is 15.0. The largest absolute Gasteiger partial charge is 0.448 e. The van der Waals surface area contributed by atoms with Gasteiger partial charge in [-0.05, 0) is 53.5 Å². The number of aryl methyl sites for hydroxylation is 1. The zero-order valence-corrected chi connectivity index (χ0v) is 23.4. The van der Waals surface area contributed by atoms with Gasteiger partial charge in [0.2, 0.25) is 0 Å². The summed E-state index contributed by atoms with van der Waals surface area (Å²) < 4.78 is 11.8. The van der Waals surface area contributed by atoms with Crippen LogP contribution in [-0.2, 0) is 15.9 Å². The number of amides is 1. The van der Waals surface area contributed by atoms with Crippen LogP contribution in [0.2, 0.25) is 0 Å². The number of ether oxygens (including phenoxy) is 2. The summed E-state index contributed by atoms with van der Waals surface area (Å²) in [6.07, 6.45) is 6.95. The van der Waals surface area contributed by atoms with Gasteiger partial charge in [-0.3, -0.25) is 9.69 Å². The molecular formula is C35H39NO4. The van der Waals surface area contributed by atoms with Crippen LogP contribution in [0.1, 0.15) is 78.4 Å². The number of benzene rings is 3. The van der Waals surface area contributed by atoms with E-state index in [0.29, 0.717) is 32.7 Å². The van der Waals surface area contributed by atoms with Gasteiger partial charge in [0.1, 0.15) is 6.61 Å². The second-order valence-corrected chi connectivity index (χ2v) is 11.6. The van der Waals surface area contributed by atoms with Crippen LogP contribution in [0.3, 0.4) is 0 Å². The Bertz CT molecular complexity index is 1290. The third-order valence-electron chi connectivity index (χ3n) is 9.00. The summed E-state index contributed by atoms with van der Waals surface area (Å²) in [5.74, 6) is 0.106. The lowest BCUT2D eigenvalue weighted by atomic mass is 9.80. The first-order valence-electron chi connectivity index (χ1n) is 15.0. The van der Waals surface area contributed by atoms with E-state index in [0.717, 1.165) is 12.0 Å². The van der Waals surface area contributed by atoms with E-state index < -0.39 is 0 Å². The Morgan fingerprint density at radius 2 is 1.45 bits per heavy atom. The van der Waals surface area contributed by atoms with Gasteiger partial charge in [0, 0.05) is 17.4 Å². The minimum Gasteiger partial charge on any atom is -0.448 e. The van der Waals surface area contributed by atoms with E-state index in [1.165, 1.54) is 53.5 Å². The molecule has 5 heteroatoms. The van der Waals surface area contributed by atoms with E-state index in [1.54, 1.807) is 0 Å². The van der Waals surface area contributed by atoms with Crippen molar-refractivity contribution in [2.75, 3.05) is 19.8 Å². The molecule has 0 spiro atoms. The molecule has 1 aliphatic carbocycles. The average Bonchev–Trinajstić information content (AvgIpc) is 3.31. The molecular weight excluding hydrogens is 498 g/mol. The molecule has 2 aliphatic heterocycles. The van der Waals surface area contributed by atoms with Crippen LogP contribution in [0.15, 0.2) is 72.8 Å². The van der Waals surface area contributed by atoms with Crippen molar-refractivity contribution in [1.82, 2.24) is 4.90 Å². The Morgan fingerprint density at radius 3 is 2.08 bits per heavy atom. The van der Waals surface area contributed by atoms with Crippen LogP contribution in [0.4, 0.5) is 4.79 Å². The van der Waals surface area contributed by atoms with E-state index >= 15 is 0 Å². The standard InChI is InChI=1S/C35H39NO4/c1-2-3-4-5-10-24-15-17-25(18-16-24)34(37)26-19-27-21-39-22-28(20-26)36(27)35(38)40-23-33-31-13-8-6-11-29(31)30-12-7-9-14-32(30)33/h6-9,11-18,26-28,33H,2-5,10,19-23H2,1H3. The number of ketones is 1. The number of piperidine rings is 1. The predicted octanol–water partition coefficient (Wildman–Crippen LogP) is 7.42. The molecule has 2 bridgehead atoms. The molecule has 2 unspecified atom stereocenters. The highest BCUT2D eigenvalue weighted by atomic mass is 16.6. The van der Waals surface area contributed by atoms with Gasteiger partial charge in [-0.25, -0.2) is 4.79 Å². The van der Waals surface area contributed by atoms with Crippen molar-refractivity contribution in [1.29, 1.82) is 0 Å². The fourth-order valence-electron chi connectivity index (χ4n) is 6.92. The topological polar surface area (TPSA) is 55.8 Å². The number of unbranched alkanes of at least 4 members (excludes halogenated alkanes) is 3. The molecule has 2 heterocycles. The summed E-state index contributed by atoms with van der Waals surface area (Å²) >= 11 is 0. The SMILES string of the molecule is CCCCCCc1ccc(C(=O)C2CC3COCC(C2)N3C(=O)OCC2c3ccccc3-c3ccccc32)cc1. The summed E-state index contributed by atoms with van der Waals surface area (Å²) in [6, 6.07) is 24.6. The minimum absolute atomic E-state index is 0.0289. The van der Waals surface area contributed by atoms with Crippen molar-refractivity contribution >= 4 is 11.9 Å². The summed E-state index contributed by atoms with van der Waals surface area (Å²) in [6.45, 7) is 3.42. The maximum absolute atomic E-state index is 13.5. The Balaban J connectivity index is 1.09. The highest BCUT2D eigenvalue weighted by Crippen LogP contribution is 2.44. The molecule has 208 valence electrons. The second kappa shape index (κ2) is 12.0. The van der Waals surface area contributed by atoms with Crippen LogP contribution in [-0.4, -0.2) is 48.7 Å². The van der Waals surface area contributed by atoms with Crippen molar-refractivity contribution in [3.63, 3.8) is 0 Å². The number of nitrogens with zero attached hydrogens (tertiary/aromatic N) is 1. The molecule has 6 rings (SSSR count). The monoisotopic (exact) mass is 537 g/mol. The van der Waals surface area contributed by atoms with Crippen LogP contribution in [0.5, 0.6) is 0 Å². The minimum atomic E-state index is -0.293. The maximum Gasteiger partial charge on any atom is 0.410 e. The number of hydrogen-bond donors (Lipinski definition) is 0. The Hall–Kier alpha value is -3.44. The Morgan fingerprint density at radius 1 is 0.825 bits per heavy atom. The second-order valence-electron chi connectivity index (χ2n) is 11.6. The molecule has 5 nitrogen and oxygen atoms in total. The third-order valence-corrected chi connectivity index (χ3v) is 9.00. The molecule has 3 aliphatic rings. The molecule has 40 heavy (non-hydrogen) atoms. The first kappa shape index (κ1) is 26.8. The van der Waals surface area contributed by atoms with Gasteiger partial charge in [-0.2, -0.15) is 0 Å². The molecule has 2 saturated heterocycles. The van der Waals surface area contributed by atoms with Crippen molar-refractivity contribution < 1.29 is 19.1 Å². The molecule has 1 amide bonds. The molecule has 2 fully saturated rings. The number of Topliss-reactive ketones (excluding diaryl/α,β-unsaturated/α-hetero) is 1. The smallest absolute Gasteiger partial charge is 0.410 e. The highest BCUT2D eigenvalue weighted by Gasteiger charge is 2.45. The lowest BCUT2D eigenvalue weighted by Crippen LogP contribution is -2.60. The lowest BCUT2D eigenvalue weighted by Gasteiger charge is -2.47. The highest BCUT2D eigenvalue weighted by molar-refractivity contribution is 5.98. The van der Waals surface area contributed by atoms with Crippen molar-refractivity contribution in [3.8, 4) is 11.1 Å². The number of rotatable bonds is 9. The van der Waals surface area contributed by atoms with Crippen LogP contribution < -0.4 is 0 Å². The number of hydrogen-bond acceptors (Lipinski definition) is 4. The van der Waals surface area contributed by atoms with E-state index in [-0.39, 0.29) is 35.8 Å². The molecule has 3 aromatic carbocycles. The summed E-state index contributed by atoms with van der Waals surface area (Å²) in [7, 11) is 0. The van der Waals surface area contributed by atoms with Gasteiger partial charge in [0.25, 0.3) is 0 Å². The van der Waals surface area contributed by atoms with Gasteiger partial charge in [0.05, 0.1) is 25.3 Å². The van der Waals surface area contributed by atoms with E-state index in [1.807, 2.05) is 29.2 Å². The lowest BCUT2D eigenvalue weighted by molar-refractivity contribution is -0.0747. The van der Waals surface area contributed by atoms with Crippen LogP contribution >= 0.6 is 0 Å². The number of fused-ring (bicyclic) bond motifs is 5. The van der Waals surface area contributed by atoms with E-state index in [9.17, 15) is 9.59 Å². The summed E-state index contributed by atoms with van der Waals surface area (Å²) in [5, 5.41) is 0. The molecule has 0 aromatic heterocycles. The molecule has 3 aromatic rings. The van der Waals surface area contributed by atoms with Crippen molar-refractivity contribution in [3.05, 3.63) is 95.1 Å². The van der Waals surface area contributed by atoms with Gasteiger partial charge in [-0.15, -0.1) is 0 Å². The number of morpholine rings is 1. The quantitative estimate of drug-likeness (QED) is 0.211. The molecule has 0 saturated carbocycles. The third kappa shape index (κ3) is 5.32. The fraction of sp³-hybridized carbons (Fsp3) is 0.429. The van der Waals surface area contributed by atoms with Gasteiger partial charge >= 0.3 is 6.09 Å². The predicted molar refractivity (Wildman–Crippen MR) is 157 cm³/mol. The van der Waals surface area contributed by atoms with Gasteiger partial charge in [-0.1, -0.05) is 99.0 Å². The van der Waals surface area contributed by atoms with E-state index in [2.05, 4.69) is 55.5 Å². The van der Waals surface area contributed by atoms with Crippen molar-refractivity contribution in [2.45, 2.75) is 69.9 Å². The molecule has 0 radical (unpaired) electrons. The van der Waals surface area contributed by atoms with Crippen LogP contribution in [0.25, 0.3) is 11.1 Å². The molecule has 0 N–H and O–H groups in total. The van der Waals surface area contributed by atoms with Gasteiger partial charge < -0.3 is 9.47 Å². The Labute approximate surface area is 237 Å². The summed E-state index contributed by atoms with van der Waals surface area (Å²) in [5.41, 5.74) is 6.91. The first-order chi connectivity index (χ1) is 19.6. The average molecular weight is 538 g/mol. The number of carbonyl (C=O) groups is 2. The van der Waals surface area contributed by atoms with Crippen LogP contribution in [0, 0.1) is 5.92 Å². The number of carbonyl (C=O) groups excluding carboxylic acids is 2. The zero-order chi connectivity index (χ0) is 27.5. The van der Waals surface area contributed by atoms with Gasteiger partial charge in [0.15, 0.2) is 5.78 Å². The zero-order valence-electron chi connectivity index (χ0n) is 23.4. The summed E-state index contributed by atoms with van der Waals surface area (Å²) in [4.78, 5) is 28.8. The van der Waals surface area contributed by atoms with Crippen molar-refractivity contribution in [2.24, 2.45) is 5.92 Å². The molecule has 2 atom stereocenters. The maximum atomic E-state index is 13.5. The fourth-order valence-corrected chi connectivity index (χ4v) is 6.92. The Kier molecular flexibility index (Phi) is 8.01. The van der Waals surface area contributed by atoms with E-state index in [4.69, 9.17) is 9.47 Å². The normalized spacial score (nSPS) is 21.5.